The van der Waals surface area contributed by atoms with Gasteiger partial charge in [-0.3, -0.25) is 0 Å². The van der Waals surface area contributed by atoms with Crippen molar-refractivity contribution in [3.63, 3.8) is 0 Å². The average molecular weight is 207 g/mol. The molecule has 38 valence electrons. The number of hydrogen-bond donors (Lipinski definition) is 0. The molecule has 0 N–H and O–H groups in total. The maximum absolute atomic E-state index is 1.92. The maximum atomic E-state index is 1.92. The van der Waals surface area contributed by atoms with Crippen molar-refractivity contribution in [1.29, 1.82) is 0 Å². The van der Waals surface area contributed by atoms with Crippen LogP contribution in [0.5, 0.6) is 0 Å². The van der Waals surface area contributed by atoms with Gasteiger partial charge in [-0.15, -0.1) is 0 Å². The van der Waals surface area contributed by atoms with E-state index in [-0.39, 0.29) is 0 Å². The molecular weight excluding hydrogens is 201 g/mol. The molecule has 0 unspecified atom stereocenters. The van der Waals surface area contributed by atoms with E-state index >= 15 is 0 Å². The number of fused-ring (bicyclic) bond motifs is 2. The second-order valence-corrected chi connectivity index (χ2v) is 4.97. The topological polar surface area (TPSA) is 0 Å². The summed E-state index contributed by atoms with van der Waals surface area (Å²) in [6.07, 6.45) is 0. The van der Waals surface area contributed by atoms with Crippen molar-refractivity contribution in [2.24, 2.45) is 0 Å². The number of nitrogens with zero attached hydrogens (tertiary/aromatic N) is 1. The second-order valence-electron chi connectivity index (χ2n) is 2.42. The van der Waals surface area contributed by atoms with Crippen molar-refractivity contribution in [3.8, 4) is 0 Å². The van der Waals surface area contributed by atoms with E-state index in [0.717, 1.165) is 0 Å². The fraction of sp³-hybridized carbons (Fsp3) is 0.600. The molecule has 3 aliphatic heterocycles. The van der Waals surface area contributed by atoms with Gasteiger partial charge in [0.2, 0.25) is 0 Å². The second kappa shape index (κ2) is 0.702. The first kappa shape index (κ1) is 3.45. The Morgan fingerprint density at radius 2 is 2.14 bits per heavy atom. The summed E-state index contributed by atoms with van der Waals surface area (Å²) in [5.74, 6) is 0. The molecule has 7 heavy (non-hydrogen) atoms. The number of quaternary nitrogens is 1. The summed E-state index contributed by atoms with van der Waals surface area (Å²) in [5.41, 5.74) is 1.85. The van der Waals surface area contributed by atoms with Crippen LogP contribution < -0.4 is 21.2 Å². The van der Waals surface area contributed by atoms with Crippen LogP contribution in [0.2, 0.25) is 0 Å². The molecule has 0 bridgehead atoms. The summed E-state index contributed by atoms with van der Waals surface area (Å²) < 4.78 is 4.93. The molecule has 0 aromatic carbocycles. The van der Waals surface area contributed by atoms with Crippen LogP contribution >= 0.6 is 0 Å². The Hall–Kier alpha value is 0.430. The Labute approximate surface area is 52.8 Å². The quantitative estimate of drug-likeness (QED) is 0.131. The Morgan fingerprint density at radius 3 is 2.29 bits per heavy atom. The van der Waals surface area contributed by atoms with E-state index in [1.54, 1.807) is 4.43 Å². The number of halogens is 1. The summed E-state index contributed by atoms with van der Waals surface area (Å²) in [4.78, 5) is 0. The molecule has 1 nitrogen and oxygen atoms in total. The van der Waals surface area contributed by atoms with Crippen LogP contribution in [0.4, 0.5) is 0 Å². The summed E-state index contributed by atoms with van der Waals surface area (Å²) in [6.45, 7) is 2.98. The number of hydrogen-bond acceptors (Lipinski definition) is 0. The summed E-state index contributed by atoms with van der Waals surface area (Å²) in [6, 6.07) is 0. The molecule has 0 amide bonds. The number of allylic oxidation sites excluding steroid dienone is 1. The van der Waals surface area contributed by atoms with Gasteiger partial charge in [0.1, 0.15) is 0 Å². The molecule has 3 heterocycles. The minimum absolute atomic E-state index is 0.627. The predicted octanol–water partition coefficient (Wildman–Crippen LogP) is -2.90. The molecule has 0 aromatic heterocycles. The molecule has 1 fully saturated rings. The average Bonchev–Trinajstić information content (AvgIpc) is 2.20. The van der Waals surface area contributed by atoms with Gasteiger partial charge in [-0.2, -0.15) is 0 Å². The van der Waals surface area contributed by atoms with Gasteiger partial charge < -0.3 is 0 Å². The van der Waals surface area contributed by atoms with E-state index in [2.05, 4.69) is 0 Å². The third kappa shape index (κ3) is 0.211. The molecule has 3 aliphatic rings. The van der Waals surface area contributed by atoms with Crippen LogP contribution in [0.1, 0.15) is 0 Å². The van der Waals surface area contributed by atoms with Crippen molar-refractivity contribution < 1.29 is 25.7 Å². The summed E-state index contributed by atoms with van der Waals surface area (Å²) >= 11 is 0.627. The normalized spacial score (nSPS) is 38.9. The van der Waals surface area contributed by atoms with Crippen molar-refractivity contribution >= 4 is 0 Å². The molecule has 3 rings (SSSR count). The Balaban J connectivity index is 2.16. The van der Waals surface area contributed by atoms with Gasteiger partial charge in [-0.25, -0.2) is 0 Å². The van der Waals surface area contributed by atoms with Crippen LogP contribution in [-0.4, -0.2) is 22.0 Å². The summed E-state index contributed by atoms with van der Waals surface area (Å²) in [5, 5.41) is 0. The van der Waals surface area contributed by atoms with Crippen LogP contribution in [0.25, 0.3) is 0 Å². The van der Waals surface area contributed by atoms with Crippen molar-refractivity contribution in [2.75, 3.05) is 17.5 Å². The molecule has 0 saturated carbocycles. The minimum atomic E-state index is 0.627. The van der Waals surface area contributed by atoms with Crippen molar-refractivity contribution in [3.05, 3.63) is 9.40 Å². The van der Waals surface area contributed by atoms with E-state index in [9.17, 15) is 0 Å². The molecular formula is C5H6IN. The summed E-state index contributed by atoms with van der Waals surface area (Å²) in [7, 11) is 0. The number of rotatable bonds is 0. The van der Waals surface area contributed by atoms with Gasteiger partial charge >= 0.3 is 52.6 Å². The third-order valence-corrected chi connectivity index (χ3v) is 5.44. The van der Waals surface area contributed by atoms with Crippen LogP contribution in [0, 0.1) is 0 Å². The van der Waals surface area contributed by atoms with E-state index in [1.807, 2.05) is 9.40 Å². The van der Waals surface area contributed by atoms with Gasteiger partial charge in [-0.05, 0) is 0 Å². The zero-order valence-electron chi connectivity index (χ0n) is 3.95. The Morgan fingerprint density at radius 1 is 1.43 bits per heavy atom. The zero-order valence-corrected chi connectivity index (χ0v) is 6.10. The van der Waals surface area contributed by atoms with Gasteiger partial charge in [0.25, 0.3) is 0 Å². The van der Waals surface area contributed by atoms with Gasteiger partial charge in [0, 0.05) is 0 Å². The SMILES string of the molecule is C1[I-]C2=C1[N+]21CC1. The van der Waals surface area contributed by atoms with Gasteiger partial charge in [0.05, 0.1) is 0 Å². The first-order valence-corrected chi connectivity index (χ1v) is 5.24. The molecule has 2 heteroatoms. The first-order valence-electron chi connectivity index (χ1n) is 2.64. The molecule has 1 saturated heterocycles. The number of alkyl halides is 1. The van der Waals surface area contributed by atoms with Gasteiger partial charge in [0.15, 0.2) is 0 Å². The molecule has 0 atom stereocenters. The van der Waals surface area contributed by atoms with E-state index in [4.69, 9.17) is 0 Å². The standard InChI is InChI=1S/C5H6IN/c1-2-7(1)4-3-6-5(4)7/h1-3H2. The molecule has 0 radical (unpaired) electrons. The third-order valence-electron chi connectivity index (χ3n) is 2.07. The molecule has 0 aliphatic carbocycles. The van der Waals surface area contributed by atoms with Crippen LogP contribution in [0.3, 0.4) is 0 Å². The fourth-order valence-corrected chi connectivity index (χ4v) is 4.80. The molecule has 0 aromatic rings. The van der Waals surface area contributed by atoms with Crippen LogP contribution in [0.15, 0.2) is 9.40 Å². The Bertz CT molecular complexity index is 163. The van der Waals surface area contributed by atoms with Gasteiger partial charge in [-0.1, -0.05) is 0 Å². The van der Waals surface area contributed by atoms with Crippen molar-refractivity contribution in [1.82, 2.24) is 0 Å². The van der Waals surface area contributed by atoms with E-state index < -0.39 is 0 Å². The van der Waals surface area contributed by atoms with Crippen molar-refractivity contribution in [2.45, 2.75) is 0 Å². The van der Waals surface area contributed by atoms with E-state index in [1.165, 1.54) is 17.6 Å². The predicted molar refractivity (Wildman–Crippen MR) is 21.9 cm³/mol. The molecule has 1 spiro atoms. The first-order chi connectivity index (χ1) is 3.43. The Kier molecular flexibility index (Phi) is 0.347. The zero-order chi connectivity index (χ0) is 4.48. The fourth-order valence-electron chi connectivity index (χ4n) is 1.31. The monoisotopic (exact) mass is 207 g/mol. The van der Waals surface area contributed by atoms with E-state index in [0.29, 0.717) is 21.2 Å². The van der Waals surface area contributed by atoms with Crippen LogP contribution in [-0.2, 0) is 0 Å².